The zero-order chi connectivity index (χ0) is 22.6. The smallest absolute Gasteiger partial charge is 0.284 e. The fraction of sp³-hybridized carbons (Fsp3) is 0.227. The first-order valence-electron chi connectivity index (χ1n) is 10.1. The van der Waals surface area contributed by atoms with Crippen molar-refractivity contribution in [2.24, 2.45) is 5.92 Å². The van der Waals surface area contributed by atoms with Gasteiger partial charge in [0.2, 0.25) is 5.95 Å². The minimum absolute atomic E-state index is 0.0735. The van der Waals surface area contributed by atoms with Crippen LogP contribution in [-0.4, -0.2) is 36.5 Å². The lowest BCUT2D eigenvalue weighted by Gasteiger charge is -2.47. The van der Waals surface area contributed by atoms with E-state index in [1.54, 1.807) is 16.8 Å². The predicted molar refractivity (Wildman–Crippen MR) is 121 cm³/mol. The number of nitrogens with two attached hydrogens (primary N) is 1. The molecule has 162 valence electrons. The average Bonchev–Trinajstić information content (AvgIpc) is 3.13. The topological polar surface area (TPSA) is 111 Å². The molecule has 1 aliphatic heterocycles. The van der Waals surface area contributed by atoms with Crippen LogP contribution in [0.1, 0.15) is 36.1 Å². The number of benzene rings is 1. The number of Topliss-reactive ketones (excluding diaryl/α,β-unsaturated/α-hetero) is 1. The van der Waals surface area contributed by atoms with Crippen molar-refractivity contribution in [3.8, 4) is 5.69 Å². The summed E-state index contributed by atoms with van der Waals surface area (Å²) in [6.07, 6.45) is 3.10. The van der Waals surface area contributed by atoms with Crippen molar-refractivity contribution in [3.63, 3.8) is 0 Å². The molecular formula is C22H20ClN7O2. The molecule has 0 amide bonds. The second kappa shape index (κ2) is 7.45. The van der Waals surface area contributed by atoms with Crippen LogP contribution >= 0.6 is 11.6 Å². The van der Waals surface area contributed by atoms with E-state index in [1.807, 2.05) is 35.2 Å². The number of fused-ring (bicyclic) bond motifs is 1. The van der Waals surface area contributed by atoms with Crippen LogP contribution in [0.2, 0.25) is 5.02 Å². The molecule has 0 aliphatic carbocycles. The van der Waals surface area contributed by atoms with Gasteiger partial charge in [-0.2, -0.15) is 10.1 Å². The summed E-state index contributed by atoms with van der Waals surface area (Å²) in [5, 5.41) is 5.11. The fourth-order valence-electron chi connectivity index (χ4n) is 4.22. The molecule has 0 saturated carbocycles. The van der Waals surface area contributed by atoms with Gasteiger partial charge in [0.15, 0.2) is 11.6 Å². The zero-order valence-corrected chi connectivity index (χ0v) is 18.2. The highest BCUT2D eigenvalue weighted by Gasteiger charge is 2.43. The van der Waals surface area contributed by atoms with Gasteiger partial charge in [-0.15, -0.1) is 0 Å². The second-order valence-corrected chi connectivity index (χ2v) is 8.29. The van der Waals surface area contributed by atoms with Gasteiger partial charge in [-0.1, -0.05) is 36.7 Å². The molecule has 1 aliphatic rings. The van der Waals surface area contributed by atoms with Gasteiger partial charge >= 0.3 is 0 Å². The largest absolute Gasteiger partial charge is 0.368 e. The number of para-hydroxylation sites is 1. The van der Waals surface area contributed by atoms with E-state index in [1.165, 1.54) is 17.6 Å². The molecule has 0 unspecified atom stereocenters. The summed E-state index contributed by atoms with van der Waals surface area (Å²) < 4.78 is 3.08. The van der Waals surface area contributed by atoms with E-state index in [0.29, 0.717) is 40.0 Å². The van der Waals surface area contributed by atoms with E-state index in [-0.39, 0.29) is 29.3 Å². The molecule has 5 rings (SSSR count). The Morgan fingerprint density at radius 2 is 1.97 bits per heavy atom. The van der Waals surface area contributed by atoms with E-state index in [9.17, 15) is 9.59 Å². The summed E-state index contributed by atoms with van der Waals surface area (Å²) in [7, 11) is 0. The lowest BCUT2D eigenvalue weighted by molar-refractivity contribution is 0.101. The number of rotatable bonds is 4. The Kier molecular flexibility index (Phi) is 4.70. The number of carbonyl (C=O) groups excluding carboxylic acids is 1. The molecule has 2 N–H and O–H groups in total. The molecule has 3 aromatic heterocycles. The number of aromatic nitrogens is 5. The third-order valence-corrected chi connectivity index (χ3v) is 6.04. The molecular weight excluding hydrogens is 430 g/mol. The van der Waals surface area contributed by atoms with Crippen molar-refractivity contribution in [2.45, 2.75) is 19.9 Å². The molecule has 1 aromatic carbocycles. The van der Waals surface area contributed by atoms with Crippen molar-refractivity contribution < 1.29 is 4.79 Å². The summed E-state index contributed by atoms with van der Waals surface area (Å²) >= 11 is 6.29. The van der Waals surface area contributed by atoms with Crippen LogP contribution in [-0.2, 0) is 0 Å². The molecule has 0 spiro atoms. The SMILES string of the molecule is CC(=O)c1cnc(N)nc1N1C[C@H](C)[C@H]1c1nn2ccc(Cl)c2c(=O)n1-c1ccccc1. The molecule has 0 bridgehead atoms. The normalized spacial score (nSPS) is 18.0. The monoisotopic (exact) mass is 449 g/mol. The number of hydrogen-bond acceptors (Lipinski definition) is 7. The minimum Gasteiger partial charge on any atom is -0.368 e. The quantitative estimate of drug-likeness (QED) is 0.477. The second-order valence-electron chi connectivity index (χ2n) is 7.89. The lowest BCUT2D eigenvalue weighted by Crippen LogP contribution is -2.52. The van der Waals surface area contributed by atoms with E-state index >= 15 is 0 Å². The number of carbonyl (C=O) groups is 1. The van der Waals surface area contributed by atoms with Gasteiger partial charge < -0.3 is 10.6 Å². The number of ketones is 1. The van der Waals surface area contributed by atoms with Crippen molar-refractivity contribution in [2.75, 3.05) is 17.2 Å². The average molecular weight is 450 g/mol. The molecule has 10 heteroatoms. The molecule has 4 aromatic rings. The van der Waals surface area contributed by atoms with Crippen LogP contribution in [0.3, 0.4) is 0 Å². The standard InChI is InChI=1S/C22H20ClN7O2/c1-12-11-28(19-15(13(2)31)10-25-22(24)26-19)17(12)20-27-29-9-8-16(23)18(29)21(32)30(20)14-6-4-3-5-7-14/h3-10,12,17H,11H2,1-2H3,(H2,24,25,26)/t12-,17-/m0/s1. The summed E-state index contributed by atoms with van der Waals surface area (Å²) in [6.45, 7) is 4.15. The molecule has 32 heavy (non-hydrogen) atoms. The highest BCUT2D eigenvalue weighted by molar-refractivity contribution is 6.33. The van der Waals surface area contributed by atoms with Gasteiger partial charge in [-0.3, -0.25) is 14.2 Å². The maximum Gasteiger partial charge on any atom is 0.284 e. The third kappa shape index (κ3) is 3.04. The van der Waals surface area contributed by atoms with Crippen LogP contribution in [0.25, 0.3) is 11.2 Å². The van der Waals surface area contributed by atoms with Gasteiger partial charge in [-0.05, 0) is 25.1 Å². The Morgan fingerprint density at radius 1 is 1.22 bits per heavy atom. The van der Waals surface area contributed by atoms with E-state index in [2.05, 4.69) is 16.9 Å². The summed E-state index contributed by atoms with van der Waals surface area (Å²) in [4.78, 5) is 36.0. The maximum absolute atomic E-state index is 13.6. The first kappa shape index (κ1) is 20.2. The number of nitrogens with zero attached hydrogens (tertiary/aromatic N) is 6. The van der Waals surface area contributed by atoms with Gasteiger partial charge in [0, 0.05) is 24.9 Å². The molecule has 1 saturated heterocycles. The number of halogens is 1. The van der Waals surface area contributed by atoms with Gasteiger partial charge in [0.05, 0.1) is 22.3 Å². The highest BCUT2D eigenvalue weighted by Crippen LogP contribution is 2.42. The van der Waals surface area contributed by atoms with Gasteiger partial charge in [0.25, 0.3) is 5.56 Å². The summed E-state index contributed by atoms with van der Waals surface area (Å²) in [5.74, 6) is 0.999. The van der Waals surface area contributed by atoms with E-state index in [4.69, 9.17) is 22.4 Å². The molecule has 4 heterocycles. The van der Waals surface area contributed by atoms with Gasteiger partial charge in [0.1, 0.15) is 11.3 Å². The van der Waals surface area contributed by atoms with Crippen LogP contribution in [0.5, 0.6) is 0 Å². The Labute approximate surface area is 188 Å². The van der Waals surface area contributed by atoms with Crippen LogP contribution in [0.4, 0.5) is 11.8 Å². The third-order valence-electron chi connectivity index (χ3n) is 5.74. The summed E-state index contributed by atoms with van der Waals surface area (Å²) in [6, 6.07) is 10.6. The highest BCUT2D eigenvalue weighted by atomic mass is 35.5. The predicted octanol–water partition coefficient (Wildman–Crippen LogP) is 2.91. The van der Waals surface area contributed by atoms with Crippen LogP contribution in [0.15, 0.2) is 53.6 Å². The zero-order valence-electron chi connectivity index (χ0n) is 17.4. The first-order chi connectivity index (χ1) is 15.4. The van der Waals surface area contributed by atoms with Gasteiger partial charge in [-0.25, -0.2) is 9.50 Å². The Bertz CT molecular complexity index is 1410. The van der Waals surface area contributed by atoms with Crippen molar-refractivity contribution >= 4 is 34.7 Å². The Hall–Kier alpha value is -3.72. The molecule has 0 radical (unpaired) electrons. The lowest BCUT2D eigenvalue weighted by atomic mass is 9.88. The van der Waals surface area contributed by atoms with Crippen molar-refractivity contribution in [1.29, 1.82) is 0 Å². The molecule has 2 atom stereocenters. The van der Waals surface area contributed by atoms with Crippen molar-refractivity contribution in [1.82, 2.24) is 24.1 Å². The Morgan fingerprint density at radius 3 is 2.66 bits per heavy atom. The maximum atomic E-state index is 13.6. The fourth-order valence-corrected chi connectivity index (χ4v) is 4.45. The number of anilines is 2. The molecule has 1 fully saturated rings. The van der Waals surface area contributed by atoms with Crippen LogP contribution < -0.4 is 16.2 Å². The van der Waals surface area contributed by atoms with Crippen molar-refractivity contribution in [3.05, 3.63) is 75.6 Å². The molecule has 9 nitrogen and oxygen atoms in total. The summed E-state index contributed by atoms with van der Waals surface area (Å²) in [5.41, 5.74) is 6.91. The number of nitrogen functional groups attached to an aromatic ring is 1. The number of hydrogen-bond donors (Lipinski definition) is 1. The Balaban J connectivity index is 1.75. The van der Waals surface area contributed by atoms with E-state index < -0.39 is 0 Å². The first-order valence-corrected chi connectivity index (χ1v) is 10.5. The minimum atomic E-state index is -0.319. The van der Waals surface area contributed by atoms with Crippen LogP contribution in [0, 0.1) is 5.92 Å². The van der Waals surface area contributed by atoms with E-state index in [0.717, 1.165) is 0 Å².